The topological polar surface area (TPSA) is 81.4 Å². The van der Waals surface area contributed by atoms with E-state index in [1.54, 1.807) is 12.1 Å². The summed E-state index contributed by atoms with van der Waals surface area (Å²) in [5.41, 5.74) is 6.52. The van der Waals surface area contributed by atoms with Crippen LogP contribution in [0.1, 0.15) is 5.56 Å². The molecule has 20 heavy (non-hydrogen) atoms. The second-order valence-corrected chi connectivity index (χ2v) is 5.51. The first-order valence-corrected chi connectivity index (χ1v) is 7.48. The summed E-state index contributed by atoms with van der Waals surface area (Å²) in [5, 5.41) is 3.44. The first-order chi connectivity index (χ1) is 9.52. The quantitative estimate of drug-likeness (QED) is 0.739. The molecule has 1 amide bonds. The fourth-order valence-electron chi connectivity index (χ4n) is 1.35. The summed E-state index contributed by atoms with van der Waals surface area (Å²) in [5.74, 6) is 0.0142. The molecule has 0 saturated carbocycles. The van der Waals surface area contributed by atoms with Gasteiger partial charge in [0.1, 0.15) is 6.04 Å². The summed E-state index contributed by atoms with van der Waals surface area (Å²) >= 11 is 7.06. The Kier molecular flexibility index (Phi) is 7.43. The summed E-state index contributed by atoms with van der Waals surface area (Å²) in [4.78, 5) is 22.6. The molecule has 0 fully saturated rings. The normalized spacial score (nSPS) is 11.8. The Bertz CT molecular complexity index is 453. The summed E-state index contributed by atoms with van der Waals surface area (Å²) < 4.78 is 4.50. The number of esters is 1. The van der Waals surface area contributed by atoms with Gasteiger partial charge < -0.3 is 15.8 Å². The number of benzene rings is 1. The van der Waals surface area contributed by atoms with Crippen molar-refractivity contribution < 1.29 is 14.3 Å². The molecule has 0 heterocycles. The highest BCUT2D eigenvalue weighted by Gasteiger charge is 2.14. The zero-order valence-electron chi connectivity index (χ0n) is 11.1. The Morgan fingerprint density at radius 3 is 2.65 bits per heavy atom. The molecule has 0 aromatic heterocycles. The molecule has 0 bridgehead atoms. The average Bonchev–Trinajstić information content (AvgIpc) is 2.45. The van der Waals surface area contributed by atoms with Gasteiger partial charge in [-0.2, -0.15) is 0 Å². The van der Waals surface area contributed by atoms with E-state index >= 15 is 0 Å². The van der Waals surface area contributed by atoms with Crippen LogP contribution < -0.4 is 11.1 Å². The van der Waals surface area contributed by atoms with Gasteiger partial charge >= 0.3 is 5.97 Å². The number of rotatable bonds is 7. The molecule has 5 nitrogen and oxygen atoms in total. The maximum absolute atomic E-state index is 11.6. The SMILES string of the molecule is COC(=O)C(N)CSCC(=O)NCc1ccc(Cl)cc1. The minimum absolute atomic E-state index is 0.109. The van der Waals surface area contributed by atoms with E-state index in [0.29, 0.717) is 17.3 Å². The van der Waals surface area contributed by atoms with Crippen molar-refractivity contribution in [1.82, 2.24) is 5.32 Å². The van der Waals surface area contributed by atoms with E-state index < -0.39 is 12.0 Å². The number of halogens is 1. The molecule has 7 heteroatoms. The number of hydrogen-bond donors (Lipinski definition) is 2. The lowest BCUT2D eigenvalue weighted by atomic mass is 10.2. The van der Waals surface area contributed by atoms with Gasteiger partial charge in [-0.1, -0.05) is 23.7 Å². The Balaban J connectivity index is 2.20. The molecule has 3 N–H and O–H groups in total. The molecule has 1 atom stereocenters. The zero-order chi connectivity index (χ0) is 15.0. The number of methoxy groups -OCH3 is 1. The molecule has 0 spiro atoms. The number of nitrogens with one attached hydrogen (secondary N) is 1. The van der Waals surface area contributed by atoms with Gasteiger partial charge in [0.05, 0.1) is 12.9 Å². The van der Waals surface area contributed by atoms with Crippen molar-refractivity contribution in [3.63, 3.8) is 0 Å². The first kappa shape index (κ1) is 16.8. The van der Waals surface area contributed by atoms with Gasteiger partial charge in [0.25, 0.3) is 0 Å². The lowest BCUT2D eigenvalue weighted by molar-refractivity contribution is -0.141. The van der Waals surface area contributed by atoms with E-state index in [-0.39, 0.29) is 11.7 Å². The largest absolute Gasteiger partial charge is 0.468 e. The standard InChI is InChI=1S/C13H17ClN2O3S/c1-19-13(18)11(15)7-20-8-12(17)16-6-9-2-4-10(14)5-3-9/h2-5,11H,6-8,15H2,1H3,(H,16,17). The van der Waals surface area contributed by atoms with Gasteiger partial charge in [-0.15, -0.1) is 11.8 Å². The smallest absolute Gasteiger partial charge is 0.323 e. The molecule has 1 aromatic rings. The van der Waals surface area contributed by atoms with Gasteiger partial charge in [0.15, 0.2) is 0 Å². The Morgan fingerprint density at radius 2 is 2.05 bits per heavy atom. The van der Waals surface area contributed by atoms with E-state index in [2.05, 4.69) is 10.1 Å². The van der Waals surface area contributed by atoms with Gasteiger partial charge in [0.2, 0.25) is 5.91 Å². The van der Waals surface area contributed by atoms with Gasteiger partial charge in [-0.3, -0.25) is 9.59 Å². The number of carbonyl (C=O) groups is 2. The summed E-state index contributed by atoms with van der Waals surface area (Å²) in [6, 6.07) is 6.54. The van der Waals surface area contributed by atoms with E-state index in [0.717, 1.165) is 5.56 Å². The molecule has 1 aromatic carbocycles. The van der Waals surface area contributed by atoms with Crippen molar-refractivity contribution in [3.05, 3.63) is 34.9 Å². The van der Waals surface area contributed by atoms with Crippen molar-refractivity contribution in [2.24, 2.45) is 5.73 Å². The minimum atomic E-state index is -0.700. The van der Waals surface area contributed by atoms with Crippen LogP contribution in [-0.4, -0.2) is 36.5 Å². The number of thioether (sulfide) groups is 1. The summed E-state index contributed by atoms with van der Waals surface area (Å²) in [7, 11) is 1.28. The van der Waals surface area contributed by atoms with Crippen LogP contribution in [0.15, 0.2) is 24.3 Å². The van der Waals surface area contributed by atoms with Gasteiger partial charge in [-0.25, -0.2) is 0 Å². The zero-order valence-corrected chi connectivity index (χ0v) is 12.7. The molecule has 0 aliphatic carbocycles. The number of hydrogen-bond acceptors (Lipinski definition) is 5. The number of ether oxygens (including phenoxy) is 1. The van der Waals surface area contributed by atoms with Crippen LogP contribution in [0.2, 0.25) is 5.02 Å². The monoisotopic (exact) mass is 316 g/mol. The molecule has 0 radical (unpaired) electrons. The summed E-state index contributed by atoms with van der Waals surface area (Å²) in [6.45, 7) is 0.444. The molecular weight excluding hydrogens is 300 g/mol. The van der Waals surface area contributed by atoms with Crippen molar-refractivity contribution in [1.29, 1.82) is 0 Å². The van der Waals surface area contributed by atoms with Crippen molar-refractivity contribution in [2.45, 2.75) is 12.6 Å². The fourth-order valence-corrected chi connectivity index (χ4v) is 2.27. The van der Waals surface area contributed by atoms with Crippen LogP contribution >= 0.6 is 23.4 Å². The van der Waals surface area contributed by atoms with E-state index in [9.17, 15) is 9.59 Å². The highest BCUT2D eigenvalue weighted by molar-refractivity contribution is 8.00. The van der Waals surface area contributed by atoms with Crippen LogP contribution in [-0.2, 0) is 20.9 Å². The van der Waals surface area contributed by atoms with E-state index in [1.165, 1.54) is 18.9 Å². The predicted molar refractivity (Wildman–Crippen MR) is 80.6 cm³/mol. The van der Waals surface area contributed by atoms with Crippen LogP contribution in [0.4, 0.5) is 0 Å². The van der Waals surface area contributed by atoms with E-state index in [4.69, 9.17) is 17.3 Å². The summed E-state index contributed by atoms with van der Waals surface area (Å²) in [6.07, 6.45) is 0. The maximum Gasteiger partial charge on any atom is 0.323 e. The Morgan fingerprint density at radius 1 is 1.40 bits per heavy atom. The number of amides is 1. The third kappa shape index (κ3) is 6.27. The maximum atomic E-state index is 11.6. The number of carbonyl (C=O) groups excluding carboxylic acids is 2. The lowest BCUT2D eigenvalue weighted by Gasteiger charge is -2.09. The van der Waals surface area contributed by atoms with Crippen LogP contribution in [0.5, 0.6) is 0 Å². The van der Waals surface area contributed by atoms with Crippen molar-refractivity contribution >= 4 is 35.2 Å². The Labute approximate surface area is 127 Å². The third-order valence-electron chi connectivity index (χ3n) is 2.44. The molecule has 110 valence electrons. The highest BCUT2D eigenvalue weighted by Crippen LogP contribution is 2.09. The predicted octanol–water partition coefficient (Wildman–Crippen LogP) is 1.19. The molecule has 0 aliphatic rings. The second kappa shape index (κ2) is 8.84. The average molecular weight is 317 g/mol. The van der Waals surface area contributed by atoms with E-state index in [1.807, 2.05) is 12.1 Å². The van der Waals surface area contributed by atoms with Crippen LogP contribution in [0.3, 0.4) is 0 Å². The lowest BCUT2D eigenvalue weighted by Crippen LogP contribution is -2.34. The number of nitrogens with two attached hydrogens (primary N) is 1. The fraction of sp³-hybridized carbons (Fsp3) is 0.385. The van der Waals surface area contributed by atoms with Crippen molar-refractivity contribution in [3.8, 4) is 0 Å². The molecule has 1 rings (SSSR count). The van der Waals surface area contributed by atoms with Crippen LogP contribution in [0.25, 0.3) is 0 Å². The Hall–Kier alpha value is -1.24. The highest BCUT2D eigenvalue weighted by atomic mass is 35.5. The molecule has 0 saturated heterocycles. The van der Waals surface area contributed by atoms with Gasteiger partial charge in [0, 0.05) is 17.3 Å². The van der Waals surface area contributed by atoms with Crippen molar-refractivity contribution in [2.75, 3.05) is 18.6 Å². The minimum Gasteiger partial charge on any atom is -0.468 e. The first-order valence-electron chi connectivity index (χ1n) is 5.95. The second-order valence-electron chi connectivity index (χ2n) is 4.05. The molecular formula is C13H17ClN2O3S. The van der Waals surface area contributed by atoms with Crippen LogP contribution in [0, 0.1) is 0 Å². The third-order valence-corrected chi connectivity index (χ3v) is 3.75. The molecule has 1 unspecified atom stereocenters. The molecule has 0 aliphatic heterocycles. The van der Waals surface area contributed by atoms with Gasteiger partial charge in [-0.05, 0) is 17.7 Å².